The van der Waals surface area contributed by atoms with Gasteiger partial charge < -0.3 is 25.8 Å². The van der Waals surface area contributed by atoms with Crippen molar-refractivity contribution in [2.24, 2.45) is 0 Å². The topological polar surface area (TPSA) is 117 Å². The van der Waals surface area contributed by atoms with Crippen molar-refractivity contribution in [2.75, 3.05) is 6.54 Å². The highest BCUT2D eigenvalue weighted by atomic mass is 16.5. The molecule has 8 nitrogen and oxygen atoms in total. The fourth-order valence-corrected chi connectivity index (χ4v) is 4.77. The van der Waals surface area contributed by atoms with E-state index in [1.807, 2.05) is 30.3 Å². The molecule has 36 heavy (non-hydrogen) atoms. The minimum atomic E-state index is -1.11. The van der Waals surface area contributed by atoms with Gasteiger partial charge in [-0.05, 0) is 50.5 Å². The lowest BCUT2D eigenvalue weighted by atomic mass is 9.91. The molecular weight excluding hydrogens is 458 g/mol. The van der Waals surface area contributed by atoms with Crippen LogP contribution in [0.3, 0.4) is 0 Å². The Morgan fingerprint density at radius 2 is 1.50 bits per heavy atom. The lowest BCUT2D eigenvalue weighted by molar-refractivity contribution is -0.139. The van der Waals surface area contributed by atoms with E-state index in [2.05, 4.69) is 16.0 Å². The molecule has 0 heterocycles. The molecule has 0 aliphatic heterocycles. The summed E-state index contributed by atoms with van der Waals surface area (Å²) in [4.78, 5) is 33.5. The average molecular weight is 504 g/mol. The number of amides is 2. The maximum Gasteiger partial charge on any atom is 0.408 e. The van der Waals surface area contributed by atoms with E-state index < -0.39 is 18.1 Å². The highest BCUT2D eigenvalue weighted by molar-refractivity contribution is 5.79. The van der Waals surface area contributed by atoms with Gasteiger partial charge in [-0.3, -0.25) is 4.79 Å². The molecule has 0 bridgehead atoms. The third kappa shape index (κ3) is 13.5. The van der Waals surface area contributed by atoms with Crippen LogP contribution in [0.5, 0.6) is 0 Å². The van der Waals surface area contributed by atoms with Crippen LogP contribution in [0.25, 0.3) is 0 Å². The summed E-state index contributed by atoms with van der Waals surface area (Å²) in [5.74, 6) is -1.23. The molecule has 8 heteroatoms. The van der Waals surface area contributed by atoms with Gasteiger partial charge in [0.05, 0.1) is 0 Å². The molecule has 1 aromatic rings. The van der Waals surface area contributed by atoms with Gasteiger partial charge in [-0.15, -0.1) is 0 Å². The largest absolute Gasteiger partial charge is 0.480 e. The second-order valence-electron chi connectivity index (χ2n) is 9.91. The molecule has 1 aromatic carbocycles. The number of unbranched alkanes of at least 4 members (excludes halogenated alkanes) is 1. The molecule has 0 spiro atoms. The molecule has 1 atom stereocenters. The first-order valence-electron chi connectivity index (χ1n) is 13.6. The van der Waals surface area contributed by atoms with Gasteiger partial charge in [0.1, 0.15) is 12.6 Å². The predicted octanol–water partition coefficient (Wildman–Crippen LogP) is 4.91. The van der Waals surface area contributed by atoms with Crippen LogP contribution in [0.2, 0.25) is 0 Å². The second-order valence-corrected chi connectivity index (χ2v) is 9.91. The lowest BCUT2D eigenvalue weighted by Gasteiger charge is -2.30. The maximum atomic E-state index is 11.7. The summed E-state index contributed by atoms with van der Waals surface area (Å²) in [5, 5.41) is 17.9. The summed E-state index contributed by atoms with van der Waals surface area (Å²) in [5.41, 5.74) is 0.824. The minimum Gasteiger partial charge on any atom is -0.480 e. The standard InChI is InChI=1S/C16H22N2O5.C12H23N/c1-12(19)17-10-6-5-9-14(15(20)21)18-16(22)23-11-13-7-3-2-4-8-13;1-3-7-11(8-4-1)13-12-9-5-2-6-10-12/h2-4,7-8,14H,5-6,9-11H2,1H3,(H,17,19)(H,18,22)(H,20,21);11-13H,1-10H2/t14-;/m0./s1. The molecule has 0 unspecified atom stereocenters. The second kappa shape index (κ2) is 17.8. The van der Waals surface area contributed by atoms with E-state index in [-0.39, 0.29) is 18.9 Å². The van der Waals surface area contributed by atoms with Gasteiger partial charge in [0.25, 0.3) is 0 Å². The van der Waals surface area contributed by atoms with Crippen molar-refractivity contribution in [3.8, 4) is 0 Å². The van der Waals surface area contributed by atoms with Crippen LogP contribution in [0, 0.1) is 0 Å². The molecule has 2 aliphatic rings. The molecule has 2 fully saturated rings. The first kappa shape index (κ1) is 29.6. The molecule has 2 saturated carbocycles. The summed E-state index contributed by atoms with van der Waals surface area (Å²) >= 11 is 0. The minimum absolute atomic E-state index is 0.0849. The summed E-state index contributed by atoms with van der Waals surface area (Å²) in [7, 11) is 0. The molecule has 4 N–H and O–H groups in total. The number of carbonyl (C=O) groups is 3. The van der Waals surface area contributed by atoms with Crippen molar-refractivity contribution in [1.82, 2.24) is 16.0 Å². The SMILES string of the molecule is C1CCC(NC2CCCCC2)CC1.CC(=O)NCCCC[C@H](NC(=O)OCc1ccccc1)C(=O)O. The molecule has 2 aliphatic carbocycles. The van der Waals surface area contributed by atoms with E-state index in [1.165, 1.54) is 71.1 Å². The fourth-order valence-electron chi connectivity index (χ4n) is 4.77. The fraction of sp³-hybridized carbons (Fsp3) is 0.679. The van der Waals surface area contributed by atoms with Gasteiger partial charge in [-0.2, -0.15) is 0 Å². The Morgan fingerprint density at radius 1 is 0.917 bits per heavy atom. The average Bonchev–Trinajstić information content (AvgIpc) is 2.88. The molecule has 0 aromatic heterocycles. The van der Waals surface area contributed by atoms with Crippen LogP contribution in [0.1, 0.15) is 96.0 Å². The van der Waals surface area contributed by atoms with Crippen molar-refractivity contribution < 1.29 is 24.2 Å². The number of ether oxygens (including phenoxy) is 1. The first-order chi connectivity index (χ1) is 17.4. The van der Waals surface area contributed by atoms with Gasteiger partial charge in [0.15, 0.2) is 0 Å². The smallest absolute Gasteiger partial charge is 0.408 e. The zero-order chi connectivity index (χ0) is 26.0. The van der Waals surface area contributed by atoms with Crippen LogP contribution in [-0.4, -0.2) is 47.7 Å². The molecular formula is C28H45N3O5. The zero-order valence-corrected chi connectivity index (χ0v) is 21.8. The number of benzene rings is 1. The van der Waals surface area contributed by atoms with Gasteiger partial charge in [-0.25, -0.2) is 9.59 Å². The quantitative estimate of drug-likeness (QED) is 0.319. The van der Waals surface area contributed by atoms with Crippen molar-refractivity contribution in [2.45, 2.75) is 115 Å². The van der Waals surface area contributed by atoms with Gasteiger partial charge >= 0.3 is 12.1 Å². The van der Waals surface area contributed by atoms with Gasteiger partial charge in [0, 0.05) is 25.6 Å². The summed E-state index contributed by atoms with van der Waals surface area (Å²) < 4.78 is 5.00. The molecule has 0 radical (unpaired) electrons. The van der Waals surface area contributed by atoms with E-state index in [0.29, 0.717) is 19.4 Å². The van der Waals surface area contributed by atoms with E-state index in [4.69, 9.17) is 9.84 Å². The van der Waals surface area contributed by atoms with Crippen LogP contribution in [0.4, 0.5) is 4.79 Å². The first-order valence-corrected chi connectivity index (χ1v) is 13.6. The van der Waals surface area contributed by atoms with Crippen LogP contribution < -0.4 is 16.0 Å². The summed E-state index contributed by atoms with van der Waals surface area (Å²) in [6, 6.07) is 9.86. The Bertz CT molecular complexity index is 746. The van der Waals surface area contributed by atoms with Crippen LogP contribution >= 0.6 is 0 Å². The third-order valence-electron chi connectivity index (χ3n) is 6.78. The van der Waals surface area contributed by atoms with Crippen LogP contribution in [-0.2, 0) is 20.9 Å². The van der Waals surface area contributed by atoms with Crippen LogP contribution in [0.15, 0.2) is 30.3 Å². The van der Waals surface area contributed by atoms with Gasteiger partial charge in [-0.1, -0.05) is 68.9 Å². The Labute approximate surface area is 215 Å². The van der Waals surface area contributed by atoms with E-state index in [9.17, 15) is 14.4 Å². The summed E-state index contributed by atoms with van der Waals surface area (Å²) in [6.45, 7) is 1.99. The highest BCUT2D eigenvalue weighted by Gasteiger charge is 2.20. The predicted molar refractivity (Wildman–Crippen MR) is 141 cm³/mol. The number of hydrogen-bond acceptors (Lipinski definition) is 5. The zero-order valence-electron chi connectivity index (χ0n) is 21.8. The van der Waals surface area contributed by atoms with Crippen molar-refractivity contribution >= 4 is 18.0 Å². The summed E-state index contributed by atoms with van der Waals surface area (Å²) in [6.07, 6.45) is 15.3. The normalized spacial score (nSPS) is 17.2. The maximum absolute atomic E-state index is 11.7. The van der Waals surface area contributed by atoms with Crippen molar-refractivity contribution in [1.29, 1.82) is 0 Å². The van der Waals surface area contributed by atoms with E-state index >= 15 is 0 Å². The molecule has 3 rings (SSSR count). The number of hydrogen-bond donors (Lipinski definition) is 4. The molecule has 0 saturated heterocycles. The molecule has 202 valence electrons. The number of carboxylic acids is 1. The Balaban J connectivity index is 0.000000293. The Hall–Kier alpha value is -2.61. The number of carbonyl (C=O) groups excluding carboxylic acids is 2. The Morgan fingerprint density at radius 3 is 2.03 bits per heavy atom. The molecule has 2 amide bonds. The lowest BCUT2D eigenvalue weighted by Crippen LogP contribution is -2.41. The van der Waals surface area contributed by atoms with Crippen molar-refractivity contribution in [3.05, 3.63) is 35.9 Å². The number of nitrogens with one attached hydrogen (secondary N) is 3. The number of carboxylic acid groups (broad SMARTS) is 1. The number of aliphatic carboxylic acids is 1. The van der Waals surface area contributed by atoms with E-state index in [0.717, 1.165) is 17.6 Å². The number of alkyl carbamates (subject to hydrolysis) is 1. The highest BCUT2D eigenvalue weighted by Crippen LogP contribution is 2.22. The number of rotatable bonds is 11. The third-order valence-corrected chi connectivity index (χ3v) is 6.78. The van der Waals surface area contributed by atoms with Crippen molar-refractivity contribution in [3.63, 3.8) is 0 Å². The Kier molecular flexibility index (Phi) is 14.6. The van der Waals surface area contributed by atoms with Gasteiger partial charge in [0.2, 0.25) is 5.91 Å². The van der Waals surface area contributed by atoms with E-state index in [1.54, 1.807) is 0 Å². The monoisotopic (exact) mass is 503 g/mol.